The predicted molar refractivity (Wildman–Crippen MR) is 81.8 cm³/mol. The molecule has 0 atom stereocenters. The normalized spacial score (nSPS) is 17.2. The van der Waals surface area contributed by atoms with Crippen molar-refractivity contribution in [2.75, 3.05) is 13.1 Å². The number of rotatable bonds is 6. The Morgan fingerprint density at radius 1 is 1.32 bits per heavy atom. The Hall–Kier alpha value is -1.73. The summed E-state index contributed by atoms with van der Waals surface area (Å²) in [4.78, 5) is 6.74. The van der Waals surface area contributed by atoms with Gasteiger partial charge in [0.05, 0.1) is 24.8 Å². The van der Waals surface area contributed by atoms with E-state index < -0.39 is 0 Å². The van der Waals surface area contributed by atoms with Crippen LogP contribution in [-0.4, -0.2) is 47.6 Å². The van der Waals surface area contributed by atoms with Gasteiger partial charge in [0, 0.05) is 25.8 Å². The van der Waals surface area contributed by atoms with Crippen LogP contribution >= 0.6 is 0 Å². The largest absolute Gasteiger partial charge is 0.390 e. The minimum Gasteiger partial charge on any atom is -0.390 e. The van der Waals surface area contributed by atoms with Gasteiger partial charge in [0.1, 0.15) is 5.69 Å². The van der Waals surface area contributed by atoms with Crippen molar-refractivity contribution < 1.29 is 5.11 Å². The molecule has 2 aromatic heterocycles. The highest BCUT2D eigenvalue weighted by molar-refractivity contribution is 4.98. The van der Waals surface area contributed by atoms with Crippen LogP contribution in [0.2, 0.25) is 0 Å². The van der Waals surface area contributed by atoms with E-state index in [0.29, 0.717) is 11.6 Å². The van der Waals surface area contributed by atoms with Gasteiger partial charge in [0.25, 0.3) is 0 Å². The molecule has 120 valence electrons. The summed E-state index contributed by atoms with van der Waals surface area (Å²) in [6, 6.07) is 0. The Balaban J connectivity index is 1.48. The van der Waals surface area contributed by atoms with E-state index in [1.807, 2.05) is 23.4 Å². The molecule has 0 bridgehead atoms. The zero-order valence-corrected chi connectivity index (χ0v) is 13.1. The summed E-state index contributed by atoms with van der Waals surface area (Å²) in [6.07, 6.45) is 8.07. The van der Waals surface area contributed by atoms with E-state index >= 15 is 0 Å². The molecule has 1 N–H and O–H groups in total. The number of aliphatic hydroxyl groups excluding tert-OH is 1. The highest BCUT2D eigenvalue weighted by Crippen LogP contribution is 2.20. The van der Waals surface area contributed by atoms with Crippen molar-refractivity contribution in [2.45, 2.75) is 46.0 Å². The second kappa shape index (κ2) is 7.02. The SMILES string of the molecule is CCn1cncc1CN1CCC(Cn2cc(CO)nn2)CC1. The Morgan fingerprint density at radius 2 is 2.14 bits per heavy atom. The molecule has 1 saturated heterocycles. The molecule has 0 aromatic carbocycles. The maximum Gasteiger partial charge on any atom is 0.108 e. The van der Waals surface area contributed by atoms with E-state index in [1.54, 1.807) is 0 Å². The summed E-state index contributed by atoms with van der Waals surface area (Å²) in [6.45, 7) is 7.19. The van der Waals surface area contributed by atoms with Crippen molar-refractivity contribution in [3.8, 4) is 0 Å². The molecular weight excluding hydrogens is 280 g/mol. The highest BCUT2D eigenvalue weighted by atomic mass is 16.3. The molecule has 0 radical (unpaired) electrons. The summed E-state index contributed by atoms with van der Waals surface area (Å²) >= 11 is 0. The molecule has 7 nitrogen and oxygen atoms in total. The first-order valence-corrected chi connectivity index (χ1v) is 7.99. The fraction of sp³-hybridized carbons (Fsp3) is 0.667. The fourth-order valence-corrected chi connectivity index (χ4v) is 3.09. The standard InChI is InChI=1S/C15H24N6O/c1-2-20-12-16-7-15(20)10-19-5-3-13(4-6-19)8-21-9-14(11-22)17-18-21/h7,9,12-13,22H,2-6,8,10-11H2,1H3. The van der Waals surface area contributed by atoms with Crippen LogP contribution in [0.3, 0.4) is 0 Å². The minimum atomic E-state index is -0.0381. The van der Waals surface area contributed by atoms with Gasteiger partial charge in [0.15, 0.2) is 0 Å². The topological polar surface area (TPSA) is 72.0 Å². The third-order valence-electron chi connectivity index (χ3n) is 4.43. The number of nitrogens with zero attached hydrogens (tertiary/aromatic N) is 6. The lowest BCUT2D eigenvalue weighted by molar-refractivity contribution is 0.161. The Bertz CT molecular complexity index is 584. The quantitative estimate of drug-likeness (QED) is 0.858. The van der Waals surface area contributed by atoms with Crippen LogP contribution in [0.1, 0.15) is 31.2 Å². The maximum atomic E-state index is 9.03. The molecule has 0 aliphatic carbocycles. The van der Waals surface area contributed by atoms with Gasteiger partial charge in [-0.1, -0.05) is 5.21 Å². The molecule has 22 heavy (non-hydrogen) atoms. The molecule has 1 fully saturated rings. The second-order valence-electron chi connectivity index (χ2n) is 5.98. The Labute approximate surface area is 130 Å². The average molecular weight is 304 g/mol. The summed E-state index contributed by atoms with van der Waals surface area (Å²) in [5.41, 5.74) is 1.94. The van der Waals surface area contributed by atoms with Crippen LogP contribution < -0.4 is 0 Å². The number of hydrogen-bond acceptors (Lipinski definition) is 5. The molecule has 0 spiro atoms. The van der Waals surface area contributed by atoms with Gasteiger partial charge in [-0.05, 0) is 38.8 Å². The Morgan fingerprint density at radius 3 is 2.82 bits per heavy atom. The summed E-state index contributed by atoms with van der Waals surface area (Å²) in [7, 11) is 0. The molecule has 3 heterocycles. The fourth-order valence-electron chi connectivity index (χ4n) is 3.09. The molecule has 7 heteroatoms. The van der Waals surface area contributed by atoms with Gasteiger partial charge < -0.3 is 9.67 Å². The minimum absolute atomic E-state index is 0.0381. The van der Waals surface area contributed by atoms with Crippen LogP contribution in [0.15, 0.2) is 18.7 Å². The molecule has 0 saturated carbocycles. The van der Waals surface area contributed by atoms with Crippen molar-refractivity contribution >= 4 is 0 Å². The summed E-state index contributed by atoms with van der Waals surface area (Å²) < 4.78 is 4.07. The first-order chi connectivity index (χ1) is 10.8. The zero-order valence-electron chi connectivity index (χ0n) is 13.1. The van der Waals surface area contributed by atoms with Gasteiger partial charge in [0.2, 0.25) is 0 Å². The number of piperidine rings is 1. The van der Waals surface area contributed by atoms with Crippen LogP contribution in [-0.2, 0) is 26.2 Å². The number of likely N-dealkylation sites (tertiary alicyclic amines) is 1. The lowest BCUT2D eigenvalue weighted by Gasteiger charge is -2.31. The smallest absolute Gasteiger partial charge is 0.108 e. The molecule has 0 amide bonds. The number of imidazole rings is 1. The van der Waals surface area contributed by atoms with Crippen molar-refractivity contribution in [3.63, 3.8) is 0 Å². The van der Waals surface area contributed by atoms with Crippen molar-refractivity contribution in [3.05, 3.63) is 30.1 Å². The van der Waals surface area contributed by atoms with Crippen molar-refractivity contribution in [2.24, 2.45) is 5.92 Å². The number of aliphatic hydroxyl groups is 1. The van der Waals surface area contributed by atoms with Crippen molar-refractivity contribution in [1.82, 2.24) is 29.4 Å². The van der Waals surface area contributed by atoms with Gasteiger partial charge in [-0.2, -0.15) is 0 Å². The number of hydrogen-bond donors (Lipinski definition) is 1. The van der Waals surface area contributed by atoms with Gasteiger partial charge in [-0.15, -0.1) is 5.10 Å². The molecule has 2 aromatic rings. The first kappa shape index (κ1) is 15.2. The maximum absolute atomic E-state index is 9.03. The van der Waals surface area contributed by atoms with Crippen LogP contribution in [0.5, 0.6) is 0 Å². The molecule has 0 unspecified atom stereocenters. The second-order valence-corrected chi connectivity index (χ2v) is 5.98. The highest BCUT2D eigenvalue weighted by Gasteiger charge is 2.20. The summed E-state index contributed by atoms with van der Waals surface area (Å²) in [5, 5.41) is 17.0. The van der Waals surface area contributed by atoms with Crippen LogP contribution in [0, 0.1) is 5.92 Å². The van der Waals surface area contributed by atoms with E-state index in [4.69, 9.17) is 5.11 Å². The summed E-state index contributed by atoms with van der Waals surface area (Å²) in [5.74, 6) is 0.639. The lowest BCUT2D eigenvalue weighted by Crippen LogP contribution is -2.35. The van der Waals surface area contributed by atoms with E-state index in [9.17, 15) is 0 Å². The molecule has 3 rings (SSSR count). The average Bonchev–Trinajstić information content (AvgIpc) is 3.18. The van der Waals surface area contributed by atoms with Gasteiger partial charge in [-0.25, -0.2) is 4.98 Å². The number of aromatic nitrogens is 5. The lowest BCUT2D eigenvalue weighted by atomic mass is 9.97. The van der Waals surface area contributed by atoms with E-state index in [-0.39, 0.29) is 6.61 Å². The third kappa shape index (κ3) is 3.53. The first-order valence-electron chi connectivity index (χ1n) is 7.99. The van der Waals surface area contributed by atoms with E-state index in [1.165, 1.54) is 18.5 Å². The zero-order chi connectivity index (χ0) is 15.4. The predicted octanol–water partition coefficient (Wildman–Crippen LogP) is 0.899. The Kier molecular flexibility index (Phi) is 4.84. The van der Waals surface area contributed by atoms with E-state index in [0.717, 1.165) is 32.7 Å². The molecular formula is C15H24N6O. The van der Waals surface area contributed by atoms with Crippen molar-refractivity contribution in [1.29, 1.82) is 0 Å². The van der Waals surface area contributed by atoms with E-state index in [2.05, 4.69) is 31.7 Å². The van der Waals surface area contributed by atoms with Crippen LogP contribution in [0.25, 0.3) is 0 Å². The monoisotopic (exact) mass is 304 g/mol. The number of aryl methyl sites for hydroxylation is 1. The third-order valence-corrected chi connectivity index (χ3v) is 4.43. The van der Waals surface area contributed by atoms with Gasteiger partial charge >= 0.3 is 0 Å². The molecule has 1 aliphatic heterocycles. The van der Waals surface area contributed by atoms with Crippen LogP contribution in [0.4, 0.5) is 0 Å². The van der Waals surface area contributed by atoms with Gasteiger partial charge in [-0.3, -0.25) is 9.58 Å². The molecule has 1 aliphatic rings.